The summed E-state index contributed by atoms with van der Waals surface area (Å²) in [5.41, 5.74) is -0.792. The number of nitrogens with one attached hydrogen (secondary N) is 1. The van der Waals surface area contributed by atoms with Crippen molar-refractivity contribution >= 4 is 21.6 Å². The molecule has 1 aliphatic heterocycles. The van der Waals surface area contributed by atoms with Crippen LogP contribution < -0.4 is 5.32 Å². The third-order valence-electron chi connectivity index (χ3n) is 5.81. The van der Waals surface area contributed by atoms with Crippen LogP contribution in [0.1, 0.15) is 32.4 Å². The lowest BCUT2D eigenvalue weighted by molar-refractivity contribution is -0.151. The molecule has 6 nitrogen and oxygen atoms in total. The van der Waals surface area contributed by atoms with Gasteiger partial charge in [0.05, 0.1) is 29.2 Å². The van der Waals surface area contributed by atoms with E-state index in [4.69, 9.17) is 4.74 Å². The average Bonchev–Trinajstić information content (AvgIpc) is 3.08. The standard InChI is InChI=1S/C23H27NO5S/c1-15(2)20(25)18-21(30(27,28)17-13-9-6-10-14-17)19(16-11-7-5-8-12-16)24-23(18,3)22(26)29-4/h5-15,18-19,21,24H,1-4H3/t18-,19+,21-,23+/m0/s1. The fraction of sp³-hybridized carbons (Fsp3) is 0.391. The second-order valence-corrected chi connectivity index (χ2v) is 10.2. The number of ether oxygens (including phenoxy) is 1. The molecule has 3 rings (SSSR count). The summed E-state index contributed by atoms with van der Waals surface area (Å²) in [4.78, 5) is 26.3. The predicted molar refractivity (Wildman–Crippen MR) is 113 cm³/mol. The number of methoxy groups -OCH3 is 1. The average molecular weight is 430 g/mol. The van der Waals surface area contributed by atoms with Gasteiger partial charge in [0.1, 0.15) is 11.3 Å². The van der Waals surface area contributed by atoms with Crippen LogP contribution in [0.5, 0.6) is 0 Å². The first-order valence-electron chi connectivity index (χ1n) is 9.88. The summed E-state index contributed by atoms with van der Waals surface area (Å²) in [5, 5.41) is 2.01. The van der Waals surface area contributed by atoms with Crippen LogP contribution in [0.15, 0.2) is 65.6 Å². The summed E-state index contributed by atoms with van der Waals surface area (Å²) < 4.78 is 32.6. The van der Waals surface area contributed by atoms with Crippen molar-refractivity contribution in [3.63, 3.8) is 0 Å². The molecule has 1 fully saturated rings. The Morgan fingerprint density at radius 1 is 1.00 bits per heavy atom. The number of sulfone groups is 1. The zero-order valence-corrected chi connectivity index (χ0v) is 18.3. The summed E-state index contributed by atoms with van der Waals surface area (Å²) in [7, 11) is -2.73. The first-order chi connectivity index (χ1) is 14.1. The highest BCUT2D eigenvalue weighted by atomic mass is 32.2. The van der Waals surface area contributed by atoms with Crippen molar-refractivity contribution in [2.24, 2.45) is 11.8 Å². The Morgan fingerprint density at radius 2 is 1.53 bits per heavy atom. The fourth-order valence-corrected chi connectivity index (χ4v) is 6.48. The molecule has 0 radical (unpaired) electrons. The van der Waals surface area contributed by atoms with Crippen molar-refractivity contribution in [2.45, 2.75) is 42.5 Å². The Kier molecular flexibility index (Phi) is 6.15. The Hall–Kier alpha value is -2.51. The van der Waals surface area contributed by atoms with Crippen LogP contribution >= 0.6 is 0 Å². The lowest BCUT2D eigenvalue weighted by Crippen LogP contribution is -2.54. The summed E-state index contributed by atoms with van der Waals surface area (Å²) in [6.07, 6.45) is 0. The van der Waals surface area contributed by atoms with Crippen LogP contribution in [-0.2, 0) is 24.2 Å². The summed E-state index contributed by atoms with van der Waals surface area (Å²) in [6.45, 7) is 4.98. The van der Waals surface area contributed by atoms with E-state index in [0.717, 1.165) is 0 Å². The molecule has 1 N–H and O–H groups in total. The molecule has 0 bridgehead atoms. The summed E-state index contributed by atoms with van der Waals surface area (Å²) in [5.74, 6) is -2.52. The number of ketones is 1. The van der Waals surface area contributed by atoms with Gasteiger partial charge in [0, 0.05) is 5.92 Å². The predicted octanol–water partition coefficient (Wildman–Crippen LogP) is 2.95. The third-order valence-corrected chi connectivity index (χ3v) is 8.00. The minimum Gasteiger partial charge on any atom is -0.468 e. The van der Waals surface area contributed by atoms with E-state index in [1.165, 1.54) is 19.2 Å². The number of benzene rings is 2. The second-order valence-electron chi connectivity index (χ2n) is 8.08. The molecule has 160 valence electrons. The van der Waals surface area contributed by atoms with E-state index in [1.54, 1.807) is 63.2 Å². The topological polar surface area (TPSA) is 89.5 Å². The van der Waals surface area contributed by atoms with E-state index in [1.807, 2.05) is 6.07 Å². The van der Waals surface area contributed by atoms with Crippen LogP contribution in [0.4, 0.5) is 0 Å². The van der Waals surface area contributed by atoms with Gasteiger partial charge in [-0.15, -0.1) is 0 Å². The SMILES string of the molecule is COC(=O)[C@]1(C)N[C@H](c2ccccc2)[C@@H](S(=O)(=O)c2ccccc2)[C@@H]1C(=O)C(C)C. The number of carbonyl (C=O) groups excluding carboxylic acids is 2. The van der Waals surface area contributed by atoms with Crippen LogP contribution in [-0.4, -0.2) is 38.1 Å². The molecule has 1 heterocycles. The fourth-order valence-electron chi connectivity index (χ4n) is 4.28. The first-order valence-corrected chi connectivity index (χ1v) is 11.4. The van der Waals surface area contributed by atoms with Crippen LogP contribution in [0, 0.1) is 11.8 Å². The molecule has 7 heteroatoms. The normalized spacial score (nSPS) is 26.5. The monoisotopic (exact) mass is 429 g/mol. The van der Waals surface area contributed by atoms with E-state index < -0.39 is 44.5 Å². The van der Waals surface area contributed by atoms with Crippen molar-refractivity contribution in [1.82, 2.24) is 5.32 Å². The molecule has 0 amide bonds. The molecular formula is C23H27NO5S. The maximum absolute atomic E-state index is 13.8. The van der Waals surface area contributed by atoms with Crippen LogP contribution in [0.25, 0.3) is 0 Å². The molecule has 2 aromatic carbocycles. The number of hydrogen-bond donors (Lipinski definition) is 1. The highest BCUT2D eigenvalue weighted by Gasteiger charge is 2.63. The van der Waals surface area contributed by atoms with Gasteiger partial charge in [-0.25, -0.2) is 8.42 Å². The highest BCUT2D eigenvalue weighted by molar-refractivity contribution is 7.92. The molecular weight excluding hydrogens is 402 g/mol. The van der Waals surface area contributed by atoms with Gasteiger partial charge in [-0.05, 0) is 24.6 Å². The number of esters is 1. The minimum absolute atomic E-state index is 0.119. The molecule has 1 saturated heterocycles. The van der Waals surface area contributed by atoms with Crippen molar-refractivity contribution in [3.05, 3.63) is 66.2 Å². The molecule has 4 atom stereocenters. The van der Waals surface area contributed by atoms with Crippen LogP contribution in [0.3, 0.4) is 0 Å². The molecule has 0 spiro atoms. The lowest BCUT2D eigenvalue weighted by atomic mass is 9.79. The maximum Gasteiger partial charge on any atom is 0.326 e. The van der Waals surface area contributed by atoms with E-state index in [2.05, 4.69) is 5.32 Å². The van der Waals surface area contributed by atoms with Gasteiger partial charge in [-0.2, -0.15) is 0 Å². The van der Waals surface area contributed by atoms with Crippen LogP contribution in [0.2, 0.25) is 0 Å². The Bertz CT molecular complexity index is 1020. The van der Waals surface area contributed by atoms with Gasteiger partial charge < -0.3 is 4.74 Å². The van der Waals surface area contributed by atoms with Crippen molar-refractivity contribution in [1.29, 1.82) is 0 Å². The quantitative estimate of drug-likeness (QED) is 0.710. The Balaban J connectivity index is 2.27. The molecule has 0 saturated carbocycles. The minimum atomic E-state index is -3.97. The first kappa shape index (κ1) is 22.2. The second kappa shape index (κ2) is 8.32. The molecule has 0 aromatic heterocycles. The lowest BCUT2D eigenvalue weighted by Gasteiger charge is -2.30. The molecule has 1 aliphatic rings. The third kappa shape index (κ3) is 3.68. The number of rotatable bonds is 6. The van der Waals surface area contributed by atoms with Gasteiger partial charge in [-0.3, -0.25) is 14.9 Å². The Labute approximate surface area is 177 Å². The molecule has 30 heavy (non-hydrogen) atoms. The highest BCUT2D eigenvalue weighted by Crippen LogP contribution is 2.45. The molecule has 0 aliphatic carbocycles. The maximum atomic E-state index is 13.8. The smallest absolute Gasteiger partial charge is 0.326 e. The van der Waals surface area contributed by atoms with Crippen molar-refractivity contribution in [2.75, 3.05) is 7.11 Å². The van der Waals surface area contributed by atoms with Gasteiger partial charge in [0.25, 0.3) is 0 Å². The molecule has 2 aromatic rings. The number of Topliss-reactive ketones (excluding diaryl/α,β-unsaturated/α-hetero) is 1. The van der Waals surface area contributed by atoms with E-state index in [9.17, 15) is 18.0 Å². The van der Waals surface area contributed by atoms with Crippen molar-refractivity contribution < 1.29 is 22.7 Å². The summed E-state index contributed by atoms with van der Waals surface area (Å²) in [6, 6.07) is 16.3. The van der Waals surface area contributed by atoms with E-state index in [-0.39, 0.29) is 10.7 Å². The summed E-state index contributed by atoms with van der Waals surface area (Å²) >= 11 is 0. The zero-order valence-electron chi connectivity index (χ0n) is 17.5. The molecule has 0 unspecified atom stereocenters. The van der Waals surface area contributed by atoms with E-state index >= 15 is 0 Å². The number of carbonyl (C=O) groups is 2. The Morgan fingerprint density at radius 3 is 2.03 bits per heavy atom. The van der Waals surface area contributed by atoms with Crippen molar-refractivity contribution in [3.8, 4) is 0 Å². The zero-order chi connectivity index (χ0) is 22.1. The number of hydrogen-bond acceptors (Lipinski definition) is 6. The van der Waals surface area contributed by atoms with Gasteiger partial charge in [0.15, 0.2) is 9.84 Å². The largest absolute Gasteiger partial charge is 0.468 e. The van der Waals surface area contributed by atoms with Gasteiger partial charge in [0.2, 0.25) is 0 Å². The van der Waals surface area contributed by atoms with E-state index in [0.29, 0.717) is 5.56 Å². The van der Waals surface area contributed by atoms with Gasteiger partial charge in [-0.1, -0.05) is 62.4 Å². The van der Waals surface area contributed by atoms with Gasteiger partial charge >= 0.3 is 5.97 Å².